The lowest BCUT2D eigenvalue weighted by atomic mass is 9.90. The van der Waals surface area contributed by atoms with Crippen molar-refractivity contribution in [3.8, 4) is 11.3 Å². The molecule has 0 aliphatic carbocycles. The van der Waals surface area contributed by atoms with E-state index in [1.54, 1.807) is 10.5 Å². The van der Waals surface area contributed by atoms with Gasteiger partial charge in [-0.1, -0.05) is 13.0 Å². The number of aromatic nitrogens is 2. The van der Waals surface area contributed by atoms with Gasteiger partial charge in [-0.15, -0.1) is 0 Å². The van der Waals surface area contributed by atoms with E-state index in [0.29, 0.717) is 28.5 Å². The number of fused-ring (bicyclic) bond motifs is 1. The number of hydrogen-bond acceptors (Lipinski definition) is 5. The van der Waals surface area contributed by atoms with Gasteiger partial charge in [-0.2, -0.15) is 0 Å². The molecule has 3 aromatic rings. The van der Waals surface area contributed by atoms with Gasteiger partial charge >= 0.3 is 0 Å². The van der Waals surface area contributed by atoms with Crippen LogP contribution in [0.1, 0.15) is 42.4 Å². The summed E-state index contributed by atoms with van der Waals surface area (Å²) in [6.07, 6.45) is 5.43. The van der Waals surface area contributed by atoms with E-state index in [1.807, 2.05) is 31.3 Å². The molecule has 6 heteroatoms. The number of aryl methyl sites for hydroxylation is 1. The van der Waals surface area contributed by atoms with Crippen molar-refractivity contribution in [3.05, 3.63) is 63.6 Å². The zero-order valence-corrected chi connectivity index (χ0v) is 17.0. The molecule has 1 aromatic carbocycles. The van der Waals surface area contributed by atoms with Crippen LogP contribution in [0.5, 0.6) is 0 Å². The molecule has 6 nitrogen and oxygen atoms in total. The molecule has 1 fully saturated rings. The summed E-state index contributed by atoms with van der Waals surface area (Å²) in [4.78, 5) is 20.0. The Morgan fingerprint density at radius 3 is 2.69 bits per heavy atom. The highest BCUT2D eigenvalue weighted by molar-refractivity contribution is 5.88. The third kappa shape index (κ3) is 3.68. The maximum absolute atomic E-state index is 12.9. The predicted molar refractivity (Wildman–Crippen MR) is 118 cm³/mol. The molecular formula is C23H27N5O. The lowest BCUT2D eigenvalue weighted by Gasteiger charge is -2.31. The predicted octanol–water partition coefficient (Wildman–Crippen LogP) is 3.45. The van der Waals surface area contributed by atoms with Gasteiger partial charge in [0.15, 0.2) is 0 Å². The third-order valence-corrected chi connectivity index (χ3v) is 6.06. The molecule has 1 saturated heterocycles. The SMILES string of the molecule is CCN1CCC(c2ccc3nc(-c4cc(C)c(N)c(C=N)c4)cc(=O)n3c2)CC1. The van der Waals surface area contributed by atoms with E-state index in [0.717, 1.165) is 43.6 Å². The average Bonchev–Trinajstić information content (AvgIpc) is 2.75. The van der Waals surface area contributed by atoms with Gasteiger partial charge < -0.3 is 16.0 Å². The van der Waals surface area contributed by atoms with Crippen LogP contribution in [-0.4, -0.2) is 40.1 Å². The highest BCUT2D eigenvalue weighted by Crippen LogP contribution is 2.28. The lowest BCUT2D eigenvalue weighted by Crippen LogP contribution is -2.32. The second-order valence-electron chi connectivity index (χ2n) is 7.82. The Balaban J connectivity index is 1.71. The van der Waals surface area contributed by atoms with Crippen molar-refractivity contribution < 1.29 is 0 Å². The molecule has 2 aromatic heterocycles. The average molecular weight is 390 g/mol. The number of likely N-dealkylation sites (tertiary alicyclic amines) is 1. The number of anilines is 1. The first-order valence-corrected chi connectivity index (χ1v) is 10.2. The fraction of sp³-hybridized carbons (Fsp3) is 0.348. The summed E-state index contributed by atoms with van der Waals surface area (Å²) in [6.45, 7) is 7.41. The van der Waals surface area contributed by atoms with Crippen LogP contribution in [0.25, 0.3) is 16.9 Å². The van der Waals surface area contributed by atoms with Crippen molar-refractivity contribution in [2.75, 3.05) is 25.4 Å². The van der Waals surface area contributed by atoms with Crippen molar-refractivity contribution in [3.63, 3.8) is 0 Å². The number of pyridine rings is 1. The quantitative estimate of drug-likeness (QED) is 0.528. The fourth-order valence-electron chi connectivity index (χ4n) is 4.18. The first kappa shape index (κ1) is 19.3. The highest BCUT2D eigenvalue weighted by Gasteiger charge is 2.20. The molecule has 0 saturated carbocycles. The van der Waals surface area contributed by atoms with Crippen LogP contribution in [0.15, 0.2) is 41.3 Å². The third-order valence-electron chi connectivity index (χ3n) is 6.06. The van der Waals surface area contributed by atoms with Crippen LogP contribution >= 0.6 is 0 Å². The van der Waals surface area contributed by atoms with E-state index >= 15 is 0 Å². The van der Waals surface area contributed by atoms with Crippen molar-refractivity contribution in [2.24, 2.45) is 0 Å². The number of benzene rings is 1. The van der Waals surface area contributed by atoms with Crippen LogP contribution in [0.3, 0.4) is 0 Å². The van der Waals surface area contributed by atoms with Crippen LogP contribution in [0.4, 0.5) is 5.69 Å². The van der Waals surface area contributed by atoms with E-state index in [1.165, 1.54) is 11.8 Å². The first-order chi connectivity index (χ1) is 14.0. The minimum Gasteiger partial charge on any atom is -0.398 e. The molecule has 3 heterocycles. The van der Waals surface area contributed by atoms with Crippen molar-refractivity contribution in [1.82, 2.24) is 14.3 Å². The van der Waals surface area contributed by atoms with Crippen molar-refractivity contribution in [2.45, 2.75) is 32.6 Å². The highest BCUT2D eigenvalue weighted by atomic mass is 16.1. The Labute approximate surface area is 170 Å². The van der Waals surface area contributed by atoms with Gasteiger partial charge in [-0.25, -0.2) is 4.98 Å². The summed E-state index contributed by atoms with van der Waals surface area (Å²) < 4.78 is 1.65. The number of nitrogens with zero attached hydrogens (tertiary/aromatic N) is 3. The van der Waals surface area contributed by atoms with E-state index in [4.69, 9.17) is 16.1 Å². The summed E-state index contributed by atoms with van der Waals surface area (Å²) in [5.41, 5.74) is 11.3. The summed E-state index contributed by atoms with van der Waals surface area (Å²) in [7, 11) is 0. The Morgan fingerprint density at radius 2 is 2.00 bits per heavy atom. The Bertz CT molecular complexity index is 1130. The standard InChI is InChI=1S/C23H27N5O/c1-3-27-8-6-16(7-9-27)17-4-5-21-26-20(12-22(29)28(21)14-17)18-10-15(2)23(25)19(11-18)13-24/h4-5,10-14,16,24H,3,6-9,25H2,1-2H3. The molecule has 0 bridgehead atoms. The van der Waals surface area contributed by atoms with Crippen molar-refractivity contribution in [1.29, 1.82) is 5.41 Å². The topological polar surface area (TPSA) is 87.5 Å². The molecule has 150 valence electrons. The van der Waals surface area contributed by atoms with Crippen molar-refractivity contribution >= 4 is 17.5 Å². The smallest absolute Gasteiger partial charge is 0.258 e. The lowest BCUT2D eigenvalue weighted by molar-refractivity contribution is 0.222. The zero-order valence-electron chi connectivity index (χ0n) is 17.0. The largest absolute Gasteiger partial charge is 0.398 e. The summed E-state index contributed by atoms with van der Waals surface area (Å²) in [5.74, 6) is 0.490. The number of nitrogens with two attached hydrogens (primary N) is 1. The van der Waals surface area contributed by atoms with Crippen LogP contribution in [0, 0.1) is 12.3 Å². The molecule has 0 unspecified atom stereocenters. The number of piperidine rings is 1. The van der Waals surface area contributed by atoms with E-state index in [2.05, 4.69) is 17.9 Å². The number of rotatable bonds is 4. The van der Waals surface area contributed by atoms with Gasteiger partial charge in [0.05, 0.1) is 5.69 Å². The second kappa shape index (κ2) is 7.79. The molecule has 1 aliphatic heterocycles. The number of nitrogen functional groups attached to an aromatic ring is 1. The molecule has 0 amide bonds. The van der Waals surface area contributed by atoms with Crippen LogP contribution in [0.2, 0.25) is 0 Å². The molecule has 0 radical (unpaired) electrons. The number of hydrogen-bond donors (Lipinski definition) is 2. The fourth-order valence-corrected chi connectivity index (χ4v) is 4.18. The van der Waals surface area contributed by atoms with Gasteiger partial charge in [-0.3, -0.25) is 9.20 Å². The van der Waals surface area contributed by atoms with Crippen LogP contribution in [-0.2, 0) is 0 Å². The minimum absolute atomic E-state index is 0.0938. The maximum Gasteiger partial charge on any atom is 0.258 e. The Kier molecular flexibility index (Phi) is 5.20. The molecule has 29 heavy (non-hydrogen) atoms. The summed E-state index contributed by atoms with van der Waals surface area (Å²) in [5, 5.41) is 7.57. The van der Waals surface area contributed by atoms with E-state index < -0.39 is 0 Å². The van der Waals surface area contributed by atoms with Gasteiger partial charge in [0.2, 0.25) is 0 Å². The van der Waals surface area contributed by atoms with E-state index in [-0.39, 0.29) is 5.56 Å². The normalized spacial score (nSPS) is 15.7. The molecule has 0 spiro atoms. The molecule has 0 atom stereocenters. The minimum atomic E-state index is -0.0938. The van der Waals surface area contributed by atoms with Gasteiger partial charge in [0.25, 0.3) is 5.56 Å². The first-order valence-electron chi connectivity index (χ1n) is 10.2. The summed E-state index contributed by atoms with van der Waals surface area (Å²) in [6, 6.07) is 9.33. The Hall–Kier alpha value is -2.99. The number of nitrogens with one attached hydrogen (secondary N) is 1. The van der Waals surface area contributed by atoms with Gasteiger partial charge in [-0.05, 0) is 74.6 Å². The van der Waals surface area contributed by atoms with Crippen LogP contribution < -0.4 is 11.3 Å². The van der Waals surface area contributed by atoms with E-state index in [9.17, 15) is 4.79 Å². The molecule has 1 aliphatic rings. The van der Waals surface area contributed by atoms with Gasteiger partial charge in [0, 0.05) is 35.3 Å². The van der Waals surface area contributed by atoms with Gasteiger partial charge in [0.1, 0.15) is 5.65 Å². The second-order valence-corrected chi connectivity index (χ2v) is 7.82. The molecular weight excluding hydrogens is 362 g/mol. The maximum atomic E-state index is 12.9. The Morgan fingerprint density at radius 1 is 1.24 bits per heavy atom. The monoisotopic (exact) mass is 389 g/mol. The molecule has 3 N–H and O–H groups in total. The zero-order chi connectivity index (χ0) is 20.5. The molecule has 4 rings (SSSR count). The summed E-state index contributed by atoms with van der Waals surface area (Å²) >= 11 is 0.